The molecule has 0 radical (unpaired) electrons. The first-order chi connectivity index (χ1) is 5.18. The predicted molar refractivity (Wildman–Crippen MR) is 50.4 cm³/mol. The molecule has 0 aliphatic rings. The molecule has 0 saturated heterocycles. The van der Waals surface area contributed by atoms with Crippen LogP contribution >= 0.6 is 30.6 Å². The second-order valence-electron chi connectivity index (χ2n) is 2.07. The van der Waals surface area contributed by atoms with E-state index in [1.807, 2.05) is 6.92 Å². The number of alkyl halides is 2. The fourth-order valence-electron chi connectivity index (χ4n) is 0.644. The van der Waals surface area contributed by atoms with Gasteiger partial charge in [-0.1, -0.05) is 6.92 Å². The first-order valence-electron chi connectivity index (χ1n) is 3.53. The summed E-state index contributed by atoms with van der Waals surface area (Å²) >= 11 is 10.8. The zero-order chi connectivity index (χ0) is 8.74. The number of rotatable bonds is 6. The standard InChI is InChI=1S/C6H13Cl2O2P/c1-2-11(9,6-4-8)10-5-3-7/h2-6H2,1H3. The highest BCUT2D eigenvalue weighted by atomic mass is 35.5. The van der Waals surface area contributed by atoms with Gasteiger partial charge in [-0.3, -0.25) is 4.57 Å². The molecule has 0 heterocycles. The molecule has 0 bridgehead atoms. The Morgan fingerprint density at radius 3 is 2.36 bits per heavy atom. The SMILES string of the molecule is CCP(=O)(CCCl)OCCCl. The fourth-order valence-corrected chi connectivity index (χ4v) is 2.91. The Hall–Kier alpha value is 0.770. The smallest absolute Gasteiger partial charge is 0.204 e. The van der Waals surface area contributed by atoms with Crippen molar-refractivity contribution >= 4 is 30.6 Å². The number of hydrogen-bond acceptors (Lipinski definition) is 2. The van der Waals surface area contributed by atoms with Gasteiger partial charge >= 0.3 is 0 Å². The van der Waals surface area contributed by atoms with E-state index in [0.29, 0.717) is 30.7 Å². The molecule has 0 amide bonds. The summed E-state index contributed by atoms with van der Waals surface area (Å²) in [5.74, 6) is 0.764. The molecular formula is C6H13Cl2O2P. The van der Waals surface area contributed by atoms with Gasteiger partial charge in [-0.05, 0) is 0 Å². The van der Waals surface area contributed by atoms with Crippen LogP contribution in [0.25, 0.3) is 0 Å². The van der Waals surface area contributed by atoms with E-state index in [0.717, 1.165) is 0 Å². The van der Waals surface area contributed by atoms with Crippen LogP contribution in [0.2, 0.25) is 0 Å². The highest BCUT2D eigenvalue weighted by Gasteiger charge is 2.18. The quantitative estimate of drug-likeness (QED) is 0.507. The van der Waals surface area contributed by atoms with Gasteiger partial charge in [-0.2, -0.15) is 0 Å². The van der Waals surface area contributed by atoms with Crippen LogP contribution in [0.1, 0.15) is 6.92 Å². The molecule has 68 valence electrons. The third-order valence-corrected chi connectivity index (χ3v) is 4.44. The topological polar surface area (TPSA) is 26.3 Å². The molecule has 0 saturated carbocycles. The van der Waals surface area contributed by atoms with Crippen LogP contribution in [0.3, 0.4) is 0 Å². The van der Waals surface area contributed by atoms with Crippen molar-refractivity contribution in [2.75, 3.05) is 30.7 Å². The minimum absolute atomic E-state index is 0.351. The summed E-state index contributed by atoms with van der Waals surface area (Å²) in [5, 5.41) is 0. The van der Waals surface area contributed by atoms with Gasteiger partial charge < -0.3 is 4.52 Å². The van der Waals surface area contributed by atoms with Gasteiger partial charge in [0.05, 0.1) is 6.61 Å². The Kier molecular flexibility index (Phi) is 6.75. The Morgan fingerprint density at radius 1 is 1.36 bits per heavy atom. The molecule has 0 aliphatic heterocycles. The highest BCUT2D eigenvalue weighted by Crippen LogP contribution is 2.45. The lowest BCUT2D eigenvalue weighted by Gasteiger charge is -2.14. The van der Waals surface area contributed by atoms with Crippen LogP contribution in [-0.4, -0.2) is 30.7 Å². The van der Waals surface area contributed by atoms with E-state index in [2.05, 4.69) is 0 Å². The van der Waals surface area contributed by atoms with Gasteiger partial charge in [0.25, 0.3) is 0 Å². The second kappa shape index (κ2) is 6.30. The third-order valence-electron chi connectivity index (χ3n) is 1.31. The molecule has 0 spiro atoms. The zero-order valence-electron chi connectivity index (χ0n) is 6.56. The molecule has 0 fully saturated rings. The summed E-state index contributed by atoms with van der Waals surface area (Å²) < 4.78 is 16.7. The zero-order valence-corrected chi connectivity index (χ0v) is 8.96. The van der Waals surface area contributed by atoms with Gasteiger partial charge in [0.2, 0.25) is 7.37 Å². The average Bonchev–Trinajstić information content (AvgIpc) is 2.02. The minimum Gasteiger partial charge on any atom is -0.327 e. The van der Waals surface area contributed by atoms with Crippen molar-refractivity contribution in [1.82, 2.24) is 0 Å². The van der Waals surface area contributed by atoms with Crippen molar-refractivity contribution in [3.63, 3.8) is 0 Å². The van der Waals surface area contributed by atoms with E-state index < -0.39 is 7.37 Å². The van der Waals surface area contributed by atoms with Crippen molar-refractivity contribution < 1.29 is 9.09 Å². The van der Waals surface area contributed by atoms with Crippen molar-refractivity contribution in [1.29, 1.82) is 0 Å². The van der Waals surface area contributed by atoms with Crippen molar-refractivity contribution in [3.8, 4) is 0 Å². The minimum atomic E-state index is -2.43. The van der Waals surface area contributed by atoms with E-state index in [1.54, 1.807) is 0 Å². The Balaban J connectivity index is 3.79. The van der Waals surface area contributed by atoms with Crippen LogP contribution in [-0.2, 0) is 9.09 Å². The third kappa shape index (κ3) is 5.08. The Morgan fingerprint density at radius 2 is 2.00 bits per heavy atom. The lowest BCUT2D eigenvalue weighted by Crippen LogP contribution is -2.01. The van der Waals surface area contributed by atoms with Crippen LogP contribution in [0, 0.1) is 0 Å². The van der Waals surface area contributed by atoms with E-state index in [1.165, 1.54) is 0 Å². The maximum absolute atomic E-state index is 11.6. The summed E-state index contributed by atoms with van der Waals surface area (Å²) in [6.45, 7) is 2.19. The molecule has 1 unspecified atom stereocenters. The van der Waals surface area contributed by atoms with Crippen molar-refractivity contribution in [2.45, 2.75) is 6.92 Å². The maximum atomic E-state index is 11.6. The summed E-state index contributed by atoms with van der Waals surface area (Å²) in [5.41, 5.74) is 0. The Bertz CT molecular complexity index is 141. The predicted octanol–water partition coefficient (Wildman–Crippen LogP) is 2.78. The summed E-state index contributed by atoms with van der Waals surface area (Å²) in [7, 11) is -2.43. The number of halogens is 2. The normalized spacial score (nSPS) is 16.3. The van der Waals surface area contributed by atoms with E-state index in [4.69, 9.17) is 27.7 Å². The molecular weight excluding hydrogens is 206 g/mol. The summed E-state index contributed by atoms with van der Waals surface area (Å²) in [4.78, 5) is 0. The largest absolute Gasteiger partial charge is 0.327 e. The lowest BCUT2D eigenvalue weighted by atomic mass is 10.9. The maximum Gasteiger partial charge on any atom is 0.204 e. The van der Waals surface area contributed by atoms with Gasteiger partial charge in [0.15, 0.2) is 0 Å². The summed E-state index contributed by atoms with van der Waals surface area (Å²) in [6.07, 6.45) is 0.985. The van der Waals surface area contributed by atoms with Crippen LogP contribution in [0.5, 0.6) is 0 Å². The number of hydrogen-bond donors (Lipinski definition) is 0. The molecule has 2 nitrogen and oxygen atoms in total. The molecule has 11 heavy (non-hydrogen) atoms. The van der Waals surface area contributed by atoms with E-state index >= 15 is 0 Å². The monoisotopic (exact) mass is 218 g/mol. The fraction of sp³-hybridized carbons (Fsp3) is 1.00. The van der Waals surface area contributed by atoms with Gasteiger partial charge in [-0.15, -0.1) is 23.2 Å². The first kappa shape index (κ1) is 11.8. The van der Waals surface area contributed by atoms with Gasteiger partial charge in [-0.25, -0.2) is 0 Å². The molecule has 1 atom stereocenters. The van der Waals surface area contributed by atoms with Crippen molar-refractivity contribution in [3.05, 3.63) is 0 Å². The average molecular weight is 219 g/mol. The molecule has 0 rings (SSSR count). The first-order valence-corrected chi connectivity index (χ1v) is 6.59. The lowest BCUT2D eigenvalue weighted by molar-refractivity contribution is 0.337. The van der Waals surface area contributed by atoms with E-state index in [9.17, 15) is 4.57 Å². The van der Waals surface area contributed by atoms with Crippen molar-refractivity contribution in [2.24, 2.45) is 0 Å². The molecule has 0 N–H and O–H groups in total. The second-order valence-corrected chi connectivity index (χ2v) is 5.79. The molecule has 0 aliphatic carbocycles. The molecule has 0 aromatic carbocycles. The van der Waals surface area contributed by atoms with Crippen LogP contribution in [0.15, 0.2) is 0 Å². The molecule has 0 aromatic rings. The van der Waals surface area contributed by atoms with Gasteiger partial charge in [0, 0.05) is 24.1 Å². The van der Waals surface area contributed by atoms with Gasteiger partial charge in [0.1, 0.15) is 0 Å². The molecule has 0 aromatic heterocycles. The summed E-state index contributed by atoms with van der Waals surface area (Å²) in [6, 6.07) is 0. The highest BCUT2D eigenvalue weighted by molar-refractivity contribution is 7.59. The van der Waals surface area contributed by atoms with Crippen LogP contribution < -0.4 is 0 Å². The molecule has 5 heteroatoms. The Labute approximate surface area is 77.7 Å². The van der Waals surface area contributed by atoms with Crippen LogP contribution in [0.4, 0.5) is 0 Å². The van der Waals surface area contributed by atoms with E-state index in [-0.39, 0.29) is 0 Å².